The summed E-state index contributed by atoms with van der Waals surface area (Å²) in [5.41, 5.74) is 1.10. The van der Waals surface area contributed by atoms with Crippen LogP contribution in [-0.2, 0) is 0 Å². The molecule has 5 nitrogen and oxygen atoms in total. The van der Waals surface area contributed by atoms with Crippen LogP contribution in [0.2, 0.25) is 0 Å². The first-order valence-electron chi connectivity index (χ1n) is 6.06. The minimum atomic E-state index is -0.456. The quantitative estimate of drug-likeness (QED) is 0.785. The lowest BCUT2D eigenvalue weighted by Gasteiger charge is -2.04. The molecule has 0 heterocycles. The van der Waals surface area contributed by atoms with Gasteiger partial charge >= 0.3 is 0 Å². The van der Waals surface area contributed by atoms with Crippen LogP contribution < -0.4 is 0 Å². The molecule has 0 amide bonds. The Labute approximate surface area is 126 Å². The Balaban J connectivity index is 2.59. The van der Waals surface area contributed by atoms with Crippen LogP contribution in [0.5, 0.6) is 0 Å². The second-order valence-electron chi connectivity index (χ2n) is 4.37. The maximum atomic E-state index is 12.5. The first-order valence-corrected chi connectivity index (χ1v) is 6.06. The maximum Gasteiger partial charge on any atom is 0.193 e. The first-order chi connectivity index (χ1) is 10.6. The van der Waals surface area contributed by atoms with E-state index < -0.39 is 5.78 Å². The largest absolute Gasteiger partial charge is 0.289 e. The Bertz CT molecular complexity index is 805. The van der Waals surface area contributed by atoms with Crippen molar-refractivity contribution in [1.29, 1.82) is 21.0 Å². The van der Waals surface area contributed by atoms with Gasteiger partial charge in [-0.05, 0) is 36.4 Å². The molecule has 22 heavy (non-hydrogen) atoms. The third kappa shape index (κ3) is 2.81. The average molecular weight is 282 g/mol. The molecule has 0 radical (unpaired) electrons. The van der Waals surface area contributed by atoms with Crippen molar-refractivity contribution in [1.82, 2.24) is 0 Å². The Morgan fingerprint density at radius 1 is 0.591 bits per heavy atom. The molecule has 100 valence electrons. The SMILES string of the molecule is N#Cc1cc(C#N)cc(C(=O)c2cc(C#N)cc(C#N)c2)c1. The molecule has 0 atom stereocenters. The number of ketones is 1. The van der Waals surface area contributed by atoms with Crippen LogP contribution in [0.3, 0.4) is 0 Å². The molecule has 0 unspecified atom stereocenters. The second-order valence-corrected chi connectivity index (χ2v) is 4.37. The molecule has 0 fully saturated rings. The number of carbonyl (C=O) groups excluding carboxylic acids is 1. The highest BCUT2D eigenvalue weighted by molar-refractivity contribution is 6.09. The highest BCUT2D eigenvalue weighted by atomic mass is 16.1. The van der Waals surface area contributed by atoms with Crippen molar-refractivity contribution < 1.29 is 4.79 Å². The summed E-state index contributed by atoms with van der Waals surface area (Å²) in [6, 6.07) is 15.8. The van der Waals surface area contributed by atoms with Gasteiger partial charge in [0, 0.05) is 11.1 Å². The van der Waals surface area contributed by atoms with Gasteiger partial charge in [0.05, 0.1) is 46.5 Å². The zero-order valence-electron chi connectivity index (χ0n) is 11.2. The summed E-state index contributed by atoms with van der Waals surface area (Å²) in [6.45, 7) is 0. The summed E-state index contributed by atoms with van der Waals surface area (Å²) in [5, 5.41) is 35.8. The fraction of sp³-hybridized carbons (Fsp3) is 0. The maximum absolute atomic E-state index is 12.5. The van der Waals surface area contributed by atoms with Gasteiger partial charge in [-0.15, -0.1) is 0 Å². The van der Waals surface area contributed by atoms with Gasteiger partial charge in [-0.2, -0.15) is 21.0 Å². The molecule has 0 spiro atoms. The van der Waals surface area contributed by atoms with E-state index in [4.69, 9.17) is 21.0 Å². The molecule has 2 aromatic carbocycles. The third-order valence-corrected chi connectivity index (χ3v) is 2.91. The zero-order chi connectivity index (χ0) is 16.1. The van der Waals surface area contributed by atoms with Gasteiger partial charge < -0.3 is 0 Å². The summed E-state index contributed by atoms with van der Waals surface area (Å²) in [4.78, 5) is 12.5. The summed E-state index contributed by atoms with van der Waals surface area (Å²) in [7, 11) is 0. The van der Waals surface area contributed by atoms with Gasteiger partial charge in [0.1, 0.15) is 0 Å². The number of rotatable bonds is 2. The van der Waals surface area contributed by atoms with Crippen LogP contribution in [-0.4, -0.2) is 5.78 Å². The minimum absolute atomic E-state index is 0.162. The second kappa shape index (κ2) is 6.02. The third-order valence-electron chi connectivity index (χ3n) is 2.91. The molecule has 0 aromatic heterocycles. The number of hydrogen-bond donors (Lipinski definition) is 0. The molecule has 0 saturated carbocycles. The molecule has 0 bridgehead atoms. The summed E-state index contributed by atoms with van der Waals surface area (Å²) in [5.74, 6) is -0.456. The lowest BCUT2D eigenvalue weighted by Crippen LogP contribution is -2.03. The van der Waals surface area contributed by atoms with Crippen LogP contribution in [0.1, 0.15) is 38.2 Å². The molecule has 5 heteroatoms. The fourth-order valence-electron chi connectivity index (χ4n) is 1.94. The lowest BCUT2D eigenvalue weighted by atomic mass is 9.97. The van der Waals surface area contributed by atoms with E-state index >= 15 is 0 Å². The van der Waals surface area contributed by atoms with Crippen LogP contribution in [0.15, 0.2) is 36.4 Å². The molecular weight excluding hydrogens is 276 g/mol. The summed E-state index contributed by atoms with van der Waals surface area (Å²) < 4.78 is 0. The highest BCUT2D eigenvalue weighted by Crippen LogP contribution is 2.17. The summed E-state index contributed by atoms with van der Waals surface area (Å²) in [6.07, 6.45) is 0. The Morgan fingerprint density at radius 2 is 0.864 bits per heavy atom. The Kier molecular flexibility index (Phi) is 3.96. The van der Waals surface area contributed by atoms with Crippen LogP contribution in [0.4, 0.5) is 0 Å². The Hall–Kier alpha value is -3.93. The number of hydrogen-bond acceptors (Lipinski definition) is 5. The van der Waals surface area contributed by atoms with Crippen LogP contribution in [0.25, 0.3) is 0 Å². The van der Waals surface area contributed by atoms with Gasteiger partial charge in [0.2, 0.25) is 0 Å². The van der Waals surface area contributed by atoms with E-state index in [2.05, 4.69) is 0 Å². The first kappa shape index (κ1) is 14.5. The molecule has 0 aliphatic rings. The van der Waals surface area contributed by atoms with E-state index in [0.717, 1.165) is 0 Å². The highest BCUT2D eigenvalue weighted by Gasteiger charge is 2.13. The van der Waals surface area contributed by atoms with Crippen LogP contribution >= 0.6 is 0 Å². The average Bonchev–Trinajstić information content (AvgIpc) is 2.59. The number of carbonyl (C=O) groups is 1. The lowest BCUT2D eigenvalue weighted by molar-refractivity contribution is 0.103. The van der Waals surface area contributed by atoms with E-state index in [1.54, 1.807) is 0 Å². The molecule has 0 aliphatic carbocycles. The molecule has 0 N–H and O–H groups in total. The van der Waals surface area contributed by atoms with Gasteiger partial charge in [0.25, 0.3) is 0 Å². The van der Waals surface area contributed by atoms with Crippen molar-refractivity contribution in [3.05, 3.63) is 69.8 Å². The van der Waals surface area contributed by atoms with Crippen molar-refractivity contribution in [3.63, 3.8) is 0 Å². The zero-order valence-corrected chi connectivity index (χ0v) is 11.2. The monoisotopic (exact) mass is 282 g/mol. The van der Waals surface area contributed by atoms with E-state index in [0.29, 0.717) is 0 Å². The molecular formula is C17H6N4O. The minimum Gasteiger partial charge on any atom is -0.289 e. The molecule has 2 rings (SSSR count). The van der Waals surface area contributed by atoms with E-state index in [-0.39, 0.29) is 33.4 Å². The molecule has 2 aromatic rings. The van der Waals surface area contributed by atoms with Gasteiger partial charge in [-0.3, -0.25) is 4.79 Å². The van der Waals surface area contributed by atoms with Gasteiger partial charge in [-0.1, -0.05) is 0 Å². The van der Waals surface area contributed by atoms with Crippen molar-refractivity contribution in [3.8, 4) is 24.3 Å². The summed E-state index contributed by atoms with van der Waals surface area (Å²) >= 11 is 0. The van der Waals surface area contributed by atoms with Gasteiger partial charge in [-0.25, -0.2) is 0 Å². The standard InChI is InChI=1S/C17H6N4O/c18-7-11-1-12(8-19)4-15(3-11)17(22)16-5-13(9-20)2-14(6-16)10-21/h1-6H. The topological polar surface area (TPSA) is 112 Å². The van der Waals surface area contributed by atoms with Crippen molar-refractivity contribution in [2.45, 2.75) is 0 Å². The van der Waals surface area contributed by atoms with Crippen molar-refractivity contribution in [2.24, 2.45) is 0 Å². The van der Waals surface area contributed by atoms with Gasteiger partial charge in [0.15, 0.2) is 5.78 Å². The number of nitriles is 4. The normalized spacial score (nSPS) is 8.91. The molecule has 0 saturated heterocycles. The van der Waals surface area contributed by atoms with E-state index in [1.807, 2.05) is 24.3 Å². The fourth-order valence-corrected chi connectivity index (χ4v) is 1.94. The number of nitrogens with zero attached hydrogens (tertiary/aromatic N) is 4. The smallest absolute Gasteiger partial charge is 0.193 e. The predicted octanol–water partition coefficient (Wildman–Crippen LogP) is 2.40. The predicted molar refractivity (Wildman–Crippen MR) is 75.2 cm³/mol. The van der Waals surface area contributed by atoms with Crippen LogP contribution in [0, 0.1) is 45.3 Å². The van der Waals surface area contributed by atoms with E-state index in [1.165, 1.54) is 36.4 Å². The molecule has 0 aliphatic heterocycles. The van der Waals surface area contributed by atoms with E-state index in [9.17, 15) is 4.79 Å². The van der Waals surface area contributed by atoms with Crippen molar-refractivity contribution >= 4 is 5.78 Å². The van der Waals surface area contributed by atoms with Crippen molar-refractivity contribution in [2.75, 3.05) is 0 Å². The Morgan fingerprint density at radius 3 is 1.09 bits per heavy atom. The number of benzene rings is 2.